The summed E-state index contributed by atoms with van der Waals surface area (Å²) >= 11 is 0. The van der Waals surface area contributed by atoms with Gasteiger partial charge in [-0.3, -0.25) is 10.3 Å². The van der Waals surface area contributed by atoms with Crippen LogP contribution < -0.4 is 5.48 Å². The van der Waals surface area contributed by atoms with Gasteiger partial charge in [0, 0.05) is 0 Å². The SMILES string of the molecule is N#CCONc1ccccc1CC#N. The highest BCUT2D eigenvalue weighted by Crippen LogP contribution is 2.14. The van der Waals surface area contributed by atoms with Crippen LogP contribution in [0, 0.1) is 22.7 Å². The van der Waals surface area contributed by atoms with E-state index in [-0.39, 0.29) is 6.61 Å². The highest BCUT2D eigenvalue weighted by atomic mass is 16.6. The molecular formula is C10H9N3O. The van der Waals surface area contributed by atoms with E-state index in [0.717, 1.165) is 11.3 Å². The fraction of sp³-hybridized carbons (Fsp3) is 0.200. The molecule has 0 fully saturated rings. The lowest BCUT2D eigenvalue weighted by Gasteiger charge is -2.07. The van der Waals surface area contributed by atoms with Gasteiger partial charge in [0.1, 0.15) is 0 Å². The molecule has 1 rings (SSSR count). The second kappa shape index (κ2) is 5.58. The minimum atomic E-state index is -0.0269. The van der Waals surface area contributed by atoms with Crippen LogP contribution in [-0.4, -0.2) is 6.61 Å². The molecule has 0 aliphatic heterocycles. The summed E-state index contributed by atoms with van der Waals surface area (Å²) in [5, 5.41) is 16.8. The first-order valence-electron chi connectivity index (χ1n) is 4.08. The van der Waals surface area contributed by atoms with Gasteiger partial charge < -0.3 is 0 Å². The number of rotatable bonds is 4. The zero-order chi connectivity index (χ0) is 10.2. The number of anilines is 1. The van der Waals surface area contributed by atoms with Gasteiger partial charge in [0.25, 0.3) is 0 Å². The Morgan fingerprint density at radius 1 is 1.21 bits per heavy atom. The van der Waals surface area contributed by atoms with Crippen molar-refractivity contribution < 1.29 is 4.84 Å². The molecule has 14 heavy (non-hydrogen) atoms. The van der Waals surface area contributed by atoms with Crippen LogP contribution in [0.4, 0.5) is 5.69 Å². The van der Waals surface area contributed by atoms with Crippen molar-refractivity contribution in [1.82, 2.24) is 0 Å². The van der Waals surface area contributed by atoms with E-state index in [9.17, 15) is 0 Å². The number of nitrogens with one attached hydrogen (secondary N) is 1. The maximum Gasteiger partial charge on any atom is 0.161 e. The van der Waals surface area contributed by atoms with Crippen LogP contribution in [0.5, 0.6) is 0 Å². The van der Waals surface area contributed by atoms with Gasteiger partial charge >= 0.3 is 0 Å². The first-order chi connectivity index (χ1) is 6.88. The zero-order valence-electron chi connectivity index (χ0n) is 7.53. The Bertz CT molecular complexity index is 376. The van der Waals surface area contributed by atoms with Crippen molar-refractivity contribution in [3.05, 3.63) is 29.8 Å². The molecule has 4 nitrogen and oxygen atoms in total. The molecule has 0 unspecified atom stereocenters. The highest BCUT2D eigenvalue weighted by molar-refractivity contribution is 5.50. The standard InChI is InChI=1S/C10H9N3O/c11-6-5-9-3-1-2-4-10(9)13-14-8-7-12/h1-4,13H,5,8H2. The van der Waals surface area contributed by atoms with Crippen LogP contribution in [-0.2, 0) is 11.3 Å². The van der Waals surface area contributed by atoms with Crippen molar-refractivity contribution in [3.8, 4) is 12.1 Å². The van der Waals surface area contributed by atoms with Crippen molar-refractivity contribution in [1.29, 1.82) is 10.5 Å². The zero-order valence-corrected chi connectivity index (χ0v) is 7.53. The molecule has 0 aliphatic carbocycles. The van der Waals surface area contributed by atoms with Gasteiger partial charge in [-0.1, -0.05) is 18.2 Å². The average molecular weight is 187 g/mol. The predicted molar refractivity (Wildman–Crippen MR) is 50.9 cm³/mol. The molecule has 0 spiro atoms. The summed E-state index contributed by atoms with van der Waals surface area (Å²) in [6.07, 6.45) is 0.319. The predicted octanol–water partition coefficient (Wildman–Crippen LogP) is 1.62. The molecule has 1 aromatic rings. The second-order valence-electron chi connectivity index (χ2n) is 2.54. The van der Waals surface area contributed by atoms with Gasteiger partial charge in [-0.25, -0.2) is 0 Å². The molecule has 4 heteroatoms. The Morgan fingerprint density at radius 2 is 2.00 bits per heavy atom. The van der Waals surface area contributed by atoms with Gasteiger partial charge in [-0.2, -0.15) is 10.5 Å². The lowest BCUT2D eigenvalue weighted by atomic mass is 10.1. The Morgan fingerprint density at radius 3 is 2.71 bits per heavy atom. The Labute approximate surface area is 82.3 Å². The van der Waals surface area contributed by atoms with E-state index in [1.807, 2.05) is 24.3 Å². The molecule has 0 saturated heterocycles. The number of hydrogen-bond donors (Lipinski definition) is 1. The molecular weight excluding hydrogens is 178 g/mol. The molecule has 0 aromatic heterocycles. The number of nitrogens with zero attached hydrogens (tertiary/aromatic N) is 2. The van der Waals surface area contributed by atoms with Gasteiger partial charge in [0.15, 0.2) is 6.61 Å². The molecule has 1 aromatic carbocycles. The normalized spacial score (nSPS) is 8.71. The first kappa shape index (κ1) is 10.0. The van der Waals surface area contributed by atoms with Gasteiger partial charge in [0.05, 0.1) is 24.2 Å². The minimum Gasteiger partial charge on any atom is -0.266 e. The van der Waals surface area contributed by atoms with Crippen LogP contribution in [0.1, 0.15) is 5.56 Å². The number of nitriles is 2. The van der Waals surface area contributed by atoms with Crippen LogP contribution in [0.25, 0.3) is 0 Å². The fourth-order valence-corrected chi connectivity index (χ4v) is 1.01. The Kier molecular flexibility index (Phi) is 4.00. The van der Waals surface area contributed by atoms with Gasteiger partial charge in [-0.05, 0) is 11.6 Å². The van der Waals surface area contributed by atoms with E-state index in [0.29, 0.717) is 6.42 Å². The van der Waals surface area contributed by atoms with Gasteiger partial charge in [-0.15, -0.1) is 0 Å². The minimum absolute atomic E-state index is 0.0269. The van der Waals surface area contributed by atoms with E-state index >= 15 is 0 Å². The summed E-state index contributed by atoms with van der Waals surface area (Å²) in [6, 6.07) is 11.2. The summed E-state index contributed by atoms with van der Waals surface area (Å²) in [5.74, 6) is 0. The van der Waals surface area contributed by atoms with Crippen LogP contribution in [0.2, 0.25) is 0 Å². The Hall–Kier alpha value is -2.04. The molecule has 0 atom stereocenters. The molecule has 0 radical (unpaired) electrons. The molecule has 0 amide bonds. The van der Waals surface area contributed by atoms with Crippen molar-refractivity contribution >= 4 is 5.69 Å². The molecule has 0 bridgehead atoms. The third-order valence-electron chi connectivity index (χ3n) is 1.61. The quantitative estimate of drug-likeness (QED) is 0.574. The van der Waals surface area contributed by atoms with Crippen LogP contribution in [0.3, 0.4) is 0 Å². The van der Waals surface area contributed by atoms with Gasteiger partial charge in [0.2, 0.25) is 0 Å². The largest absolute Gasteiger partial charge is 0.266 e. The van der Waals surface area contributed by atoms with E-state index in [2.05, 4.69) is 11.5 Å². The van der Waals surface area contributed by atoms with Crippen molar-refractivity contribution in [3.63, 3.8) is 0 Å². The Balaban J connectivity index is 2.66. The summed E-state index contributed by atoms with van der Waals surface area (Å²) < 4.78 is 0. The van der Waals surface area contributed by atoms with E-state index in [4.69, 9.17) is 15.4 Å². The van der Waals surface area contributed by atoms with Crippen molar-refractivity contribution in [2.24, 2.45) is 0 Å². The smallest absolute Gasteiger partial charge is 0.161 e. The van der Waals surface area contributed by atoms with Crippen molar-refractivity contribution in [2.45, 2.75) is 6.42 Å². The third kappa shape index (κ3) is 2.78. The third-order valence-corrected chi connectivity index (χ3v) is 1.61. The summed E-state index contributed by atoms with van der Waals surface area (Å²) in [7, 11) is 0. The summed E-state index contributed by atoms with van der Waals surface area (Å²) in [6.45, 7) is -0.0269. The van der Waals surface area contributed by atoms with E-state index in [1.54, 1.807) is 6.07 Å². The molecule has 70 valence electrons. The average Bonchev–Trinajstić information content (AvgIpc) is 2.21. The maximum absolute atomic E-state index is 8.54. The molecule has 0 aliphatic rings. The first-order valence-corrected chi connectivity index (χ1v) is 4.08. The van der Waals surface area contributed by atoms with Crippen LogP contribution >= 0.6 is 0 Å². The summed E-state index contributed by atoms with van der Waals surface area (Å²) in [5.41, 5.74) is 4.21. The lowest BCUT2D eigenvalue weighted by molar-refractivity contribution is 0.232. The van der Waals surface area contributed by atoms with Crippen molar-refractivity contribution in [2.75, 3.05) is 12.1 Å². The fourth-order valence-electron chi connectivity index (χ4n) is 1.01. The summed E-state index contributed by atoms with van der Waals surface area (Å²) in [4.78, 5) is 4.84. The van der Waals surface area contributed by atoms with E-state index < -0.39 is 0 Å². The second-order valence-corrected chi connectivity index (χ2v) is 2.54. The monoisotopic (exact) mass is 187 g/mol. The maximum atomic E-state index is 8.54. The van der Waals surface area contributed by atoms with Crippen LogP contribution in [0.15, 0.2) is 24.3 Å². The molecule has 1 N–H and O–H groups in total. The lowest BCUT2D eigenvalue weighted by Crippen LogP contribution is -2.03. The number of hydrogen-bond acceptors (Lipinski definition) is 4. The number of benzene rings is 1. The molecule has 0 saturated carbocycles. The number of para-hydroxylation sites is 1. The molecule has 0 heterocycles. The topological polar surface area (TPSA) is 68.8 Å². The van der Waals surface area contributed by atoms with E-state index in [1.165, 1.54) is 0 Å². The highest BCUT2D eigenvalue weighted by Gasteiger charge is 1.99.